The van der Waals surface area contributed by atoms with Crippen LogP contribution in [-0.2, 0) is 10.2 Å². The summed E-state index contributed by atoms with van der Waals surface area (Å²) in [6.07, 6.45) is 3.98. The van der Waals surface area contributed by atoms with Gasteiger partial charge < -0.3 is 15.0 Å². The van der Waals surface area contributed by atoms with E-state index in [9.17, 15) is 14.4 Å². The molecule has 3 aliphatic rings. The number of Topliss-reactive ketones (excluding diaryl/α,β-unsaturated/α-hetero) is 2. The fourth-order valence-electron chi connectivity index (χ4n) is 6.83. The molecule has 3 aliphatic heterocycles. The molecule has 0 unspecified atom stereocenters. The number of benzene rings is 4. The molecule has 0 saturated carbocycles. The summed E-state index contributed by atoms with van der Waals surface area (Å²) in [4.78, 5) is 45.6. The molecule has 1 N–H and O–H groups in total. The third-order valence-corrected chi connectivity index (χ3v) is 8.53. The Morgan fingerprint density at radius 2 is 1.48 bits per heavy atom. The first kappa shape index (κ1) is 24.1. The molecule has 6 heteroatoms. The van der Waals surface area contributed by atoms with E-state index in [4.69, 9.17) is 4.74 Å². The average molecular weight is 527 g/mol. The molecule has 7 rings (SSSR count). The van der Waals surface area contributed by atoms with Gasteiger partial charge in [-0.25, -0.2) is 0 Å². The number of anilines is 2. The molecular formula is C34H26N2O4. The van der Waals surface area contributed by atoms with Gasteiger partial charge in [-0.1, -0.05) is 78.9 Å². The number of rotatable bonds is 5. The van der Waals surface area contributed by atoms with Gasteiger partial charge in [0, 0.05) is 22.5 Å². The number of hydrogen-bond acceptors (Lipinski definition) is 5. The Kier molecular flexibility index (Phi) is 5.46. The molecule has 4 atom stereocenters. The zero-order valence-corrected chi connectivity index (χ0v) is 21.8. The molecule has 1 saturated heterocycles. The Morgan fingerprint density at radius 1 is 0.800 bits per heavy atom. The van der Waals surface area contributed by atoms with Crippen molar-refractivity contribution in [3.63, 3.8) is 0 Å². The predicted molar refractivity (Wildman–Crippen MR) is 154 cm³/mol. The van der Waals surface area contributed by atoms with Crippen LogP contribution < -0.4 is 15.0 Å². The number of ether oxygens (including phenoxy) is 1. The Hall–Kier alpha value is -4.97. The molecular weight excluding hydrogens is 500 g/mol. The summed E-state index contributed by atoms with van der Waals surface area (Å²) in [5, 5.41) is 3.06. The van der Waals surface area contributed by atoms with E-state index in [0.717, 1.165) is 16.8 Å². The third-order valence-electron chi connectivity index (χ3n) is 8.53. The third kappa shape index (κ3) is 3.26. The maximum Gasteiger partial charge on any atom is 0.238 e. The molecule has 0 aromatic heterocycles. The van der Waals surface area contributed by atoms with Crippen molar-refractivity contribution in [2.75, 3.05) is 17.3 Å². The van der Waals surface area contributed by atoms with E-state index in [0.29, 0.717) is 22.6 Å². The Balaban J connectivity index is 1.52. The fraction of sp³-hybridized carbons (Fsp3) is 0.147. The maximum absolute atomic E-state index is 14.7. The molecule has 1 fully saturated rings. The van der Waals surface area contributed by atoms with Crippen molar-refractivity contribution in [1.29, 1.82) is 0 Å². The number of nitrogens with one attached hydrogen (secondary N) is 1. The van der Waals surface area contributed by atoms with Crippen molar-refractivity contribution >= 4 is 34.9 Å². The van der Waals surface area contributed by atoms with Crippen LogP contribution >= 0.6 is 0 Å². The van der Waals surface area contributed by atoms with Crippen molar-refractivity contribution in [3.05, 3.63) is 131 Å². The first-order chi connectivity index (χ1) is 19.6. The van der Waals surface area contributed by atoms with Crippen LogP contribution in [-0.4, -0.2) is 36.7 Å². The summed E-state index contributed by atoms with van der Waals surface area (Å²) in [6.45, 7) is 0. The summed E-state index contributed by atoms with van der Waals surface area (Å²) in [5.74, 6) is -1.12. The van der Waals surface area contributed by atoms with Crippen LogP contribution in [0, 0.1) is 5.92 Å². The Morgan fingerprint density at radius 3 is 2.25 bits per heavy atom. The lowest BCUT2D eigenvalue weighted by atomic mass is 9.64. The molecule has 4 aromatic rings. The highest BCUT2D eigenvalue weighted by molar-refractivity contribution is 6.18. The second-order valence-electron chi connectivity index (χ2n) is 10.4. The highest BCUT2D eigenvalue weighted by Crippen LogP contribution is 2.58. The largest absolute Gasteiger partial charge is 0.497 e. The molecule has 3 heterocycles. The number of fused-ring (bicyclic) bond motifs is 6. The lowest BCUT2D eigenvalue weighted by molar-refractivity contribution is -0.121. The minimum Gasteiger partial charge on any atom is -0.497 e. The highest BCUT2D eigenvalue weighted by atomic mass is 16.5. The van der Waals surface area contributed by atoms with Gasteiger partial charge in [-0.3, -0.25) is 14.4 Å². The molecule has 4 aromatic carbocycles. The number of para-hydroxylation sites is 2. The van der Waals surface area contributed by atoms with E-state index in [1.807, 2.05) is 83.8 Å². The van der Waals surface area contributed by atoms with Crippen molar-refractivity contribution in [2.24, 2.45) is 5.92 Å². The van der Waals surface area contributed by atoms with Gasteiger partial charge in [0.05, 0.1) is 19.1 Å². The van der Waals surface area contributed by atoms with E-state index in [1.165, 1.54) is 0 Å². The second kappa shape index (κ2) is 9.06. The van der Waals surface area contributed by atoms with Crippen LogP contribution in [0.15, 0.2) is 109 Å². The van der Waals surface area contributed by atoms with E-state index in [2.05, 4.69) is 5.32 Å². The number of methoxy groups -OCH3 is 1. The average Bonchev–Trinajstić information content (AvgIpc) is 3.49. The summed E-state index contributed by atoms with van der Waals surface area (Å²) in [7, 11) is 1.57. The van der Waals surface area contributed by atoms with Crippen molar-refractivity contribution in [1.82, 2.24) is 0 Å². The van der Waals surface area contributed by atoms with E-state index < -0.39 is 23.4 Å². The first-order valence-corrected chi connectivity index (χ1v) is 13.3. The highest BCUT2D eigenvalue weighted by Gasteiger charge is 2.70. The number of ketones is 2. The molecule has 40 heavy (non-hydrogen) atoms. The molecule has 6 nitrogen and oxygen atoms in total. The first-order valence-electron chi connectivity index (χ1n) is 13.3. The molecule has 0 bridgehead atoms. The zero-order valence-electron chi connectivity index (χ0n) is 21.8. The summed E-state index contributed by atoms with van der Waals surface area (Å²) >= 11 is 0. The summed E-state index contributed by atoms with van der Waals surface area (Å²) < 4.78 is 5.32. The van der Waals surface area contributed by atoms with Gasteiger partial charge >= 0.3 is 0 Å². The van der Waals surface area contributed by atoms with Gasteiger partial charge in [-0.15, -0.1) is 0 Å². The van der Waals surface area contributed by atoms with Crippen LogP contribution in [0.2, 0.25) is 0 Å². The summed E-state index contributed by atoms with van der Waals surface area (Å²) in [5.41, 5.74) is 2.75. The molecule has 1 spiro atoms. The van der Waals surface area contributed by atoms with Crippen LogP contribution in [0.25, 0.3) is 6.08 Å². The Labute approximate surface area is 231 Å². The van der Waals surface area contributed by atoms with E-state index >= 15 is 0 Å². The van der Waals surface area contributed by atoms with Crippen molar-refractivity contribution in [3.8, 4) is 5.75 Å². The number of carbonyl (C=O) groups excluding carboxylic acids is 3. The Bertz CT molecular complexity index is 1690. The number of carbonyl (C=O) groups is 3. The van der Waals surface area contributed by atoms with E-state index in [-0.39, 0.29) is 17.5 Å². The van der Waals surface area contributed by atoms with Gasteiger partial charge in [0.1, 0.15) is 17.2 Å². The van der Waals surface area contributed by atoms with Crippen LogP contribution in [0.1, 0.15) is 31.8 Å². The van der Waals surface area contributed by atoms with Crippen LogP contribution in [0.5, 0.6) is 5.75 Å². The number of amides is 1. The molecule has 0 aliphatic carbocycles. The predicted octanol–water partition coefficient (Wildman–Crippen LogP) is 5.55. The number of hydrogen-bond donors (Lipinski definition) is 1. The minimum atomic E-state index is -1.33. The molecule has 1 amide bonds. The lowest BCUT2D eigenvalue weighted by Gasteiger charge is -2.37. The van der Waals surface area contributed by atoms with Gasteiger partial charge in [0.15, 0.2) is 11.6 Å². The normalized spacial score (nSPS) is 23.8. The van der Waals surface area contributed by atoms with Gasteiger partial charge in [0.25, 0.3) is 0 Å². The number of nitrogens with zero attached hydrogens (tertiary/aromatic N) is 1. The van der Waals surface area contributed by atoms with Gasteiger partial charge in [-0.2, -0.15) is 0 Å². The monoisotopic (exact) mass is 526 g/mol. The zero-order chi connectivity index (χ0) is 27.4. The lowest BCUT2D eigenvalue weighted by Crippen LogP contribution is -2.51. The fourth-order valence-corrected chi connectivity index (χ4v) is 6.83. The van der Waals surface area contributed by atoms with E-state index in [1.54, 1.807) is 43.5 Å². The standard InChI is InChI=1S/C34H26N2O4/c1-40-24-18-15-23(16-19-24)31(37)29-30(32(38)22-10-3-2-4-11-22)36-27-14-8-5-9-21(27)17-20-28(36)34(29)25-12-6-7-13-26(25)35-33(34)39/h2-20,28-30H,1H3,(H,35,39)/t28-,29-,30-,34+/m1/s1. The SMILES string of the molecule is COc1ccc(C(=O)[C@H]2[C@H](C(=O)c3ccccc3)N3c4ccccc4C=C[C@@H]3[C@]23C(=O)Nc2ccccc23)cc1. The minimum absolute atomic E-state index is 0.198. The molecule has 196 valence electrons. The van der Waals surface area contributed by atoms with Gasteiger partial charge in [-0.05, 0) is 47.5 Å². The van der Waals surface area contributed by atoms with Crippen molar-refractivity contribution < 1.29 is 19.1 Å². The summed E-state index contributed by atoms with van der Waals surface area (Å²) in [6, 6.07) is 29.7. The van der Waals surface area contributed by atoms with Gasteiger partial charge in [0.2, 0.25) is 5.91 Å². The van der Waals surface area contributed by atoms with Crippen LogP contribution in [0.3, 0.4) is 0 Å². The second-order valence-corrected chi connectivity index (χ2v) is 10.4. The maximum atomic E-state index is 14.7. The smallest absolute Gasteiger partial charge is 0.238 e. The van der Waals surface area contributed by atoms with Crippen LogP contribution in [0.4, 0.5) is 11.4 Å². The van der Waals surface area contributed by atoms with Crippen molar-refractivity contribution in [2.45, 2.75) is 17.5 Å². The quantitative estimate of drug-likeness (QED) is 0.345. The molecule has 0 radical (unpaired) electrons. The topological polar surface area (TPSA) is 75.7 Å².